The van der Waals surface area contributed by atoms with Crippen molar-refractivity contribution in [3.63, 3.8) is 0 Å². The summed E-state index contributed by atoms with van der Waals surface area (Å²) < 4.78 is 13.2. The predicted molar refractivity (Wildman–Crippen MR) is 118 cm³/mol. The lowest BCUT2D eigenvalue weighted by molar-refractivity contribution is -0.199. The van der Waals surface area contributed by atoms with Gasteiger partial charge in [-0.15, -0.1) is 0 Å². The van der Waals surface area contributed by atoms with Gasteiger partial charge in [0, 0.05) is 6.92 Å². The third-order valence-corrected chi connectivity index (χ3v) is 8.51. The molecule has 1 aromatic carbocycles. The lowest BCUT2D eigenvalue weighted by Gasteiger charge is -2.64. The molecule has 4 saturated carbocycles. The Morgan fingerprint density at radius 3 is 2.48 bits per heavy atom. The van der Waals surface area contributed by atoms with E-state index < -0.39 is 12.7 Å². The van der Waals surface area contributed by atoms with Gasteiger partial charge in [-0.2, -0.15) is 0 Å². The highest BCUT2D eigenvalue weighted by Gasteiger charge is 2.68. The molecule has 5 aliphatic rings. The number of carbonyl (C=O) groups excluding carboxylic acids is 2. The van der Waals surface area contributed by atoms with Crippen molar-refractivity contribution in [2.45, 2.75) is 83.0 Å². The molecule has 0 unspecified atom stereocenters. The molecule has 4 aliphatic carbocycles. The SMILES string of the molecule is CC(=O)NC1(C(=O)N[C@@H](Cc2ccccc2)B2O[C@@H]3C[C@@H]4C[C@@H](C4(C)C)[C@]3(C)O2)CC1. The van der Waals surface area contributed by atoms with E-state index in [0.717, 1.165) is 12.0 Å². The number of rotatable bonds is 6. The smallest absolute Gasteiger partial charge is 0.404 e. The Morgan fingerprint density at radius 2 is 1.87 bits per heavy atom. The molecule has 5 fully saturated rings. The molecular weight excluding hydrogens is 391 g/mol. The summed E-state index contributed by atoms with van der Waals surface area (Å²) >= 11 is 0. The summed E-state index contributed by atoms with van der Waals surface area (Å²) in [6, 6.07) is 10.1. The van der Waals surface area contributed by atoms with Crippen LogP contribution < -0.4 is 10.6 Å². The Bertz CT molecular complexity index is 887. The highest BCUT2D eigenvalue weighted by Crippen LogP contribution is 2.65. The van der Waals surface area contributed by atoms with E-state index in [-0.39, 0.29) is 34.9 Å². The van der Waals surface area contributed by atoms with Crippen molar-refractivity contribution in [1.29, 1.82) is 0 Å². The minimum atomic E-state index is -0.778. The highest BCUT2D eigenvalue weighted by atomic mass is 16.7. The summed E-state index contributed by atoms with van der Waals surface area (Å²) in [6.45, 7) is 8.34. The minimum absolute atomic E-state index is 0.0645. The molecular formula is C24H33BN2O4. The number of hydrogen-bond donors (Lipinski definition) is 2. The molecule has 6 rings (SSSR count). The van der Waals surface area contributed by atoms with E-state index in [1.54, 1.807) is 0 Å². The first kappa shape index (κ1) is 21.0. The van der Waals surface area contributed by atoms with Crippen molar-refractivity contribution < 1.29 is 18.9 Å². The second-order valence-electron chi connectivity index (χ2n) is 10.9. The van der Waals surface area contributed by atoms with Gasteiger partial charge in [-0.05, 0) is 61.8 Å². The van der Waals surface area contributed by atoms with Crippen LogP contribution in [-0.4, -0.2) is 42.1 Å². The summed E-state index contributed by atoms with van der Waals surface area (Å²) in [5.41, 5.74) is 0.288. The zero-order valence-electron chi connectivity index (χ0n) is 18.9. The fraction of sp³-hybridized carbons (Fsp3) is 0.667. The molecule has 1 aliphatic heterocycles. The van der Waals surface area contributed by atoms with Crippen LogP contribution in [0.3, 0.4) is 0 Å². The number of nitrogens with one attached hydrogen (secondary N) is 2. The van der Waals surface area contributed by atoms with E-state index in [1.165, 1.54) is 13.3 Å². The van der Waals surface area contributed by atoms with Crippen LogP contribution in [0.25, 0.3) is 0 Å². The van der Waals surface area contributed by atoms with Gasteiger partial charge in [0.05, 0.1) is 17.6 Å². The minimum Gasteiger partial charge on any atom is -0.404 e. The van der Waals surface area contributed by atoms with Crippen molar-refractivity contribution >= 4 is 18.9 Å². The van der Waals surface area contributed by atoms with Crippen LogP contribution in [0.2, 0.25) is 0 Å². The maximum atomic E-state index is 13.2. The summed E-state index contributed by atoms with van der Waals surface area (Å²) in [7, 11) is -0.498. The zero-order valence-corrected chi connectivity index (χ0v) is 18.9. The predicted octanol–water partition coefficient (Wildman–Crippen LogP) is 2.65. The fourth-order valence-corrected chi connectivity index (χ4v) is 6.33. The van der Waals surface area contributed by atoms with Gasteiger partial charge in [0.1, 0.15) is 5.54 Å². The van der Waals surface area contributed by atoms with Gasteiger partial charge in [0.2, 0.25) is 11.8 Å². The molecule has 1 heterocycles. The van der Waals surface area contributed by atoms with Crippen molar-refractivity contribution in [1.82, 2.24) is 10.6 Å². The fourth-order valence-electron chi connectivity index (χ4n) is 6.33. The van der Waals surface area contributed by atoms with Crippen LogP contribution in [0.5, 0.6) is 0 Å². The number of benzene rings is 1. The van der Waals surface area contributed by atoms with E-state index in [1.807, 2.05) is 18.2 Å². The second kappa shape index (κ2) is 7.07. The lowest BCUT2D eigenvalue weighted by atomic mass is 9.43. The summed E-state index contributed by atoms with van der Waals surface area (Å²) in [4.78, 5) is 24.8. The molecule has 7 heteroatoms. The molecule has 2 N–H and O–H groups in total. The van der Waals surface area contributed by atoms with E-state index in [9.17, 15) is 9.59 Å². The summed E-state index contributed by atoms with van der Waals surface area (Å²) in [6.07, 6.45) is 4.22. The third-order valence-electron chi connectivity index (χ3n) is 8.51. The van der Waals surface area contributed by atoms with Crippen LogP contribution in [0, 0.1) is 17.3 Å². The van der Waals surface area contributed by atoms with Crippen molar-refractivity contribution in [2.75, 3.05) is 0 Å². The van der Waals surface area contributed by atoms with Gasteiger partial charge < -0.3 is 19.9 Å². The standard InChI is InChI=1S/C24H33BN2O4/c1-15(28)27-24(10-11-24)21(29)26-20(12-16-8-6-5-7-9-16)25-30-19-14-17-13-18(22(17,2)3)23(19,4)31-25/h5-9,17-20H,10-14H2,1-4H3,(H,26,29)(H,27,28)/t17-,18-,19+,20-,23-/m0/s1. The van der Waals surface area contributed by atoms with E-state index in [4.69, 9.17) is 9.31 Å². The molecule has 166 valence electrons. The Kier molecular flexibility index (Phi) is 4.80. The Balaban J connectivity index is 1.37. The van der Waals surface area contributed by atoms with Crippen LogP contribution in [-0.2, 0) is 25.3 Å². The quantitative estimate of drug-likeness (QED) is 0.689. The number of carbonyl (C=O) groups is 2. The molecule has 2 bridgehead atoms. The molecule has 0 radical (unpaired) electrons. The Labute approximate surface area is 185 Å². The van der Waals surface area contributed by atoms with Gasteiger partial charge in [-0.25, -0.2) is 0 Å². The highest BCUT2D eigenvalue weighted by molar-refractivity contribution is 6.48. The Morgan fingerprint density at radius 1 is 1.16 bits per heavy atom. The van der Waals surface area contributed by atoms with Gasteiger partial charge in [-0.1, -0.05) is 44.2 Å². The Hall–Kier alpha value is -1.86. The van der Waals surface area contributed by atoms with Gasteiger partial charge in [0.25, 0.3) is 0 Å². The molecule has 31 heavy (non-hydrogen) atoms. The largest absolute Gasteiger partial charge is 0.482 e. The zero-order chi connectivity index (χ0) is 22.0. The van der Waals surface area contributed by atoms with E-state index in [2.05, 4.69) is 43.5 Å². The van der Waals surface area contributed by atoms with Crippen molar-refractivity contribution in [3.05, 3.63) is 35.9 Å². The van der Waals surface area contributed by atoms with Crippen molar-refractivity contribution in [3.8, 4) is 0 Å². The van der Waals surface area contributed by atoms with Crippen LogP contribution >= 0.6 is 0 Å². The molecule has 0 aromatic heterocycles. The van der Waals surface area contributed by atoms with Gasteiger partial charge in [0.15, 0.2) is 0 Å². The van der Waals surface area contributed by atoms with Crippen LogP contribution in [0.4, 0.5) is 0 Å². The number of amides is 2. The first-order valence-corrected chi connectivity index (χ1v) is 11.6. The molecule has 5 atom stereocenters. The molecule has 6 nitrogen and oxygen atoms in total. The molecule has 2 amide bonds. The van der Waals surface area contributed by atoms with Crippen molar-refractivity contribution in [2.24, 2.45) is 17.3 Å². The van der Waals surface area contributed by atoms with Gasteiger partial charge >= 0.3 is 7.12 Å². The normalized spacial score (nSPS) is 34.8. The molecule has 1 saturated heterocycles. The summed E-state index contributed by atoms with van der Waals surface area (Å²) in [5, 5.41) is 6.03. The summed E-state index contributed by atoms with van der Waals surface area (Å²) in [5.74, 6) is 0.510. The van der Waals surface area contributed by atoms with Crippen LogP contribution in [0.15, 0.2) is 30.3 Å². The second-order valence-corrected chi connectivity index (χ2v) is 10.9. The molecule has 0 spiro atoms. The maximum Gasteiger partial charge on any atom is 0.482 e. The monoisotopic (exact) mass is 424 g/mol. The van der Waals surface area contributed by atoms with E-state index >= 15 is 0 Å². The first-order chi connectivity index (χ1) is 14.6. The molecule has 1 aromatic rings. The lowest BCUT2D eigenvalue weighted by Crippen LogP contribution is -2.65. The maximum absolute atomic E-state index is 13.2. The average molecular weight is 424 g/mol. The van der Waals surface area contributed by atoms with Crippen LogP contribution in [0.1, 0.15) is 58.9 Å². The van der Waals surface area contributed by atoms with E-state index in [0.29, 0.717) is 31.1 Å². The average Bonchev–Trinajstić information content (AvgIpc) is 3.39. The number of hydrogen-bond acceptors (Lipinski definition) is 4. The van der Waals surface area contributed by atoms with Gasteiger partial charge in [-0.3, -0.25) is 9.59 Å². The topological polar surface area (TPSA) is 76.7 Å². The third kappa shape index (κ3) is 3.41. The first-order valence-electron chi connectivity index (χ1n) is 11.6.